The van der Waals surface area contributed by atoms with Crippen molar-refractivity contribution in [2.45, 2.75) is 26.2 Å². The van der Waals surface area contributed by atoms with Crippen molar-refractivity contribution < 1.29 is 7.77 Å². The minimum Gasteiger partial charge on any atom is -0.229 e. The van der Waals surface area contributed by atoms with Crippen molar-refractivity contribution in [3.05, 3.63) is 30.1 Å². The van der Waals surface area contributed by atoms with Crippen LogP contribution in [0.25, 0.3) is 11.2 Å². The summed E-state index contributed by atoms with van der Waals surface area (Å²) in [5.74, 6) is 0.991. The fourth-order valence-corrected chi connectivity index (χ4v) is 2.96. The van der Waals surface area contributed by atoms with Crippen molar-refractivity contribution in [3.63, 3.8) is 0 Å². The molecule has 1 unspecified atom stereocenters. The maximum atomic E-state index is 12.9. The average Bonchev–Trinajstić information content (AvgIpc) is 2.97. The van der Waals surface area contributed by atoms with Crippen LogP contribution in [0.1, 0.15) is 31.9 Å². The lowest BCUT2D eigenvalue weighted by molar-refractivity contribution is 0.533. The van der Waals surface area contributed by atoms with E-state index in [2.05, 4.69) is 23.1 Å². The van der Waals surface area contributed by atoms with Gasteiger partial charge in [0.05, 0.1) is 11.9 Å². The quantitative estimate of drug-likeness (QED) is 0.753. The number of aromatic nitrogens is 3. The van der Waals surface area contributed by atoms with Crippen LogP contribution in [0.4, 0.5) is 13.6 Å². The molecule has 0 fully saturated rings. The molecule has 112 valence electrons. The highest BCUT2D eigenvalue weighted by Crippen LogP contribution is 2.35. The van der Waals surface area contributed by atoms with Gasteiger partial charge in [-0.15, -0.1) is 7.77 Å². The van der Waals surface area contributed by atoms with Crippen LogP contribution in [0.15, 0.2) is 24.4 Å². The zero-order valence-electron chi connectivity index (χ0n) is 11.4. The van der Waals surface area contributed by atoms with Crippen LogP contribution in [0, 0.1) is 5.92 Å². The molecular weight excluding hydrogens is 314 g/mol. The molecule has 0 spiro atoms. The van der Waals surface area contributed by atoms with Crippen LogP contribution in [0.5, 0.6) is 0 Å². The molecule has 0 saturated carbocycles. The number of rotatable bonds is 4. The Morgan fingerprint density at radius 3 is 2.86 bits per heavy atom. The molecule has 1 aliphatic rings. The largest absolute Gasteiger partial charge is 0.229 e. The summed E-state index contributed by atoms with van der Waals surface area (Å²) in [5.41, 5.74) is 2.47. The van der Waals surface area contributed by atoms with Crippen molar-refractivity contribution in [1.29, 1.82) is 0 Å². The van der Waals surface area contributed by atoms with Gasteiger partial charge in [0.15, 0.2) is 36.1 Å². The number of nitrogens with zero attached hydrogens (tertiary/aromatic N) is 4. The van der Waals surface area contributed by atoms with E-state index in [0.717, 1.165) is 34.2 Å². The van der Waals surface area contributed by atoms with Crippen LogP contribution in [0.2, 0.25) is 0 Å². The SMILES string of the molecule is CC1CC=C(c2cc(N(SF)SF)n3nccc3n2)CC1. The fraction of sp³-hybridized carbons (Fsp3) is 0.385. The fourth-order valence-electron chi connectivity index (χ4n) is 2.47. The molecule has 0 aromatic carbocycles. The molecule has 8 heteroatoms. The molecule has 2 heterocycles. The van der Waals surface area contributed by atoms with Gasteiger partial charge in [-0.2, -0.15) is 13.3 Å². The highest BCUT2D eigenvalue weighted by atomic mass is 32.3. The van der Waals surface area contributed by atoms with Gasteiger partial charge in [0, 0.05) is 12.1 Å². The van der Waals surface area contributed by atoms with Gasteiger partial charge in [-0.05, 0) is 30.8 Å². The summed E-state index contributed by atoms with van der Waals surface area (Å²) in [4.78, 5) is 4.54. The Balaban J connectivity index is 2.08. The van der Waals surface area contributed by atoms with E-state index in [-0.39, 0.29) is 24.7 Å². The summed E-state index contributed by atoms with van der Waals surface area (Å²) in [6.07, 6.45) is 6.78. The first-order chi connectivity index (χ1) is 10.2. The number of hydrogen-bond acceptors (Lipinski definition) is 5. The van der Waals surface area contributed by atoms with E-state index in [1.54, 1.807) is 18.3 Å². The van der Waals surface area contributed by atoms with Gasteiger partial charge in [-0.3, -0.25) is 0 Å². The van der Waals surface area contributed by atoms with Crippen LogP contribution in [-0.4, -0.2) is 14.6 Å². The number of anilines is 1. The Hall–Kier alpha value is -1.28. The van der Waals surface area contributed by atoms with E-state index in [4.69, 9.17) is 0 Å². The van der Waals surface area contributed by atoms with Gasteiger partial charge >= 0.3 is 0 Å². The molecule has 0 amide bonds. The van der Waals surface area contributed by atoms with Crippen LogP contribution >= 0.6 is 24.7 Å². The third kappa shape index (κ3) is 2.87. The van der Waals surface area contributed by atoms with Crippen LogP contribution in [0.3, 0.4) is 0 Å². The van der Waals surface area contributed by atoms with E-state index in [9.17, 15) is 7.77 Å². The van der Waals surface area contributed by atoms with Crippen molar-refractivity contribution in [2.75, 3.05) is 3.71 Å². The third-order valence-corrected chi connectivity index (χ3v) is 4.62. The third-order valence-electron chi connectivity index (χ3n) is 3.66. The first-order valence-corrected chi connectivity index (χ1v) is 7.99. The summed E-state index contributed by atoms with van der Waals surface area (Å²) in [5, 5.41) is 4.07. The van der Waals surface area contributed by atoms with E-state index in [0.29, 0.717) is 17.4 Å². The van der Waals surface area contributed by atoms with Gasteiger partial charge in [0.1, 0.15) is 0 Å². The topological polar surface area (TPSA) is 33.4 Å². The molecule has 1 aliphatic carbocycles. The molecule has 0 radical (unpaired) electrons. The standard InChI is InChI=1S/C13H14F2N4S2/c1-9-2-4-10(5-3-9)11-8-13(19(20-14)21-15)18-12(17-11)6-7-16-18/h4,6-9H,2-3,5H2,1H3. The molecule has 2 aromatic rings. The lowest BCUT2D eigenvalue weighted by Crippen LogP contribution is -2.09. The molecule has 4 nitrogen and oxygen atoms in total. The Labute approximate surface area is 130 Å². The van der Waals surface area contributed by atoms with Gasteiger partial charge in [0.2, 0.25) is 0 Å². The number of hydrogen-bond donors (Lipinski definition) is 0. The summed E-state index contributed by atoms with van der Waals surface area (Å²) in [6.45, 7) is 2.22. The Kier molecular flexibility index (Phi) is 4.34. The van der Waals surface area contributed by atoms with Crippen molar-refractivity contribution in [1.82, 2.24) is 14.6 Å². The van der Waals surface area contributed by atoms with E-state index >= 15 is 0 Å². The van der Waals surface area contributed by atoms with E-state index in [1.807, 2.05) is 0 Å². The zero-order chi connectivity index (χ0) is 14.8. The lowest BCUT2D eigenvalue weighted by atomic mass is 9.89. The Morgan fingerprint density at radius 1 is 1.38 bits per heavy atom. The molecule has 1 atom stereocenters. The molecular formula is C13H14F2N4S2. The Bertz CT molecular complexity index is 669. The molecule has 0 N–H and O–H groups in total. The highest BCUT2D eigenvalue weighted by molar-refractivity contribution is 8.13. The number of fused-ring (bicyclic) bond motifs is 1. The molecule has 2 aromatic heterocycles. The van der Waals surface area contributed by atoms with E-state index in [1.165, 1.54) is 4.52 Å². The van der Waals surface area contributed by atoms with E-state index < -0.39 is 0 Å². The molecule has 21 heavy (non-hydrogen) atoms. The maximum absolute atomic E-state index is 12.9. The van der Waals surface area contributed by atoms with Gasteiger partial charge < -0.3 is 0 Å². The lowest BCUT2D eigenvalue weighted by Gasteiger charge is -2.19. The second kappa shape index (κ2) is 6.23. The predicted molar refractivity (Wildman–Crippen MR) is 83.9 cm³/mol. The summed E-state index contributed by atoms with van der Waals surface area (Å²) < 4.78 is 28.1. The highest BCUT2D eigenvalue weighted by Gasteiger charge is 2.19. The maximum Gasteiger partial charge on any atom is 0.179 e. The zero-order valence-corrected chi connectivity index (χ0v) is 13.0. The van der Waals surface area contributed by atoms with Crippen molar-refractivity contribution >= 4 is 41.7 Å². The molecule has 0 bridgehead atoms. The molecule has 0 aliphatic heterocycles. The normalized spacial score (nSPS) is 18.8. The van der Waals surface area contributed by atoms with Crippen LogP contribution < -0.4 is 3.71 Å². The van der Waals surface area contributed by atoms with Crippen molar-refractivity contribution in [2.24, 2.45) is 5.92 Å². The number of halogens is 2. The first-order valence-electron chi connectivity index (χ1n) is 6.64. The predicted octanol–water partition coefficient (Wildman–Crippen LogP) is 4.80. The first kappa shape index (κ1) is 14.6. The monoisotopic (exact) mass is 328 g/mol. The Morgan fingerprint density at radius 2 is 2.19 bits per heavy atom. The second-order valence-corrected chi connectivity index (χ2v) is 6.34. The summed E-state index contributed by atoms with van der Waals surface area (Å²) in [7, 11) is 0. The number of allylic oxidation sites excluding steroid dienone is 2. The second-order valence-electron chi connectivity index (χ2n) is 5.10. The molecule has 3 rings (SSSR count). The average molecular weight is 328 g/mol. The summed E-state index contributed by atoms with van der Waals surface area (Å²) >= 11 is -0.380. The molecule has 0 saturated heterocycles. The summed E-state index contributed by atoms with van der Waals surface area (Å²) in [6, 6.07) is 3.41. The minimum atomic E-state index is -0.190. The van der Waals surface area contributed by atoms with Gasteiger partial charge in [0.25, 0.3) is 0 Å². The van der Waals surface area contributed by atoms with Gasteiger partial charge in [-0.1, -0.05) is 13.0 Å². The minimum absolute atomic E-state index is 0.190. The van der Waals surface area contributed by atoms with Crippen LogP contribution in [-0.2, 0) is 0 Å². The van der Waals surface area contributed by atoms with Gasteiger partial charge in [-0.25, -0.2) is 4.98 Å². The smallest absolute Gasteiger partial charge is 0.179 e. The van der Waals surface area contributed by atoms with Crippen molar-refractivity contribution in [3.8, 4) is 0 Å².